The molecule has 0 aliphatic carbocycles. The maximum absolute atomic E-state index is 13.9. The Kier molecular flexibility index (Phi) is 5.60. The normalized spacial score (nSPS) is 14.3. The third-order valence-corrected chi connectivity index (χ3v) is 4.66. The van der Waals surface area contributed by atoms with Crippen molar-refractivity contribution in [1.82, 2.24) is 15.6 Å². The summed E-state index contributed by atoms with van der Waals surface area (Å²) in [5, 5.41) is 5.59. The van der Waals surface area contributed by atoms with E-state index in [9.17, 15) is 18.4 Å². The van der Waals surface area contributed by atoms with E-state index in [0.717, 1.165) is 12.1 Å². The summed E-state index contributed by atoms with van der Waals surface area (Å²) in [6.45, 7) is 3.32. The molecule has 6 nitrogen and oxygen atoms in total. The standard InChI is InChI=1S/C20H20F2N3O3/c1-10-14(19(27)25-16-6-7-23-20(28-3)18(10)16)9-17(26)24-11(2)13-5-4-12(21)8-15(13)22/h4-8,11,23H,9H2,1-3H3,(H,24,26)(H,25,27)/t11-/m0/s1. The number of halogens is 2. The lowest BCUT2D eigenvalue weighted by atomic mass is 9.97. The van der Waals surface area contributed by atoms with E-state index >= 15 is 0 Å². The highest BCUT2D eigenvalue weighted by Gasteiger charge is 2.25. The molecule has 0 saturated carbocycles. The van der Waals surface area contributed by atoms with Gasteiger partial charge in [0.1, 0.15) is 11.6 Å². The molecule has 1 aliphatic heterocycles. The van der Waals surface area contributed by atoms with E-state index in [1.165, 1.54) is 13.2 Å². The van der Waals surface area contributed by atoms with Gasteiger partial charge >= 0.3 is 0 Å². The van der Waals surface area contributed by atoms with Crippen molar-refractivity contribution in [3.8, 4) is 0 Å². The maximum Gasteiger partial charge on any atom is 0.252 e. The van der Waals surface area contributed by atoms with E-state index in [2.05, 4.69) is 15.6 Å². The fourth-order valence-electron chi connectivity index (χ4n) is 3.23. The van der Waals surface area contributed by atoms with Gasteiger partial charge in [0.05, 0.1) is 18.2 Å². The number of carbonyl (C=O) groups is 1. The smallest absolute Gasteiger partial charge is 0.252 e. The Hall–Kier alpha value is -3.00. The number of pyridine rings is 1. The number of hydrogen-bond donors (Lipinski definition) is 3. The summed E-state index contributed by atoms with van der Waals surface area (Å²) in [6.07, 6.45) is 3.62. The van der Waals surface area contributed by atoms with Crippen molar-refractivity contribution < 1.29 is 18.3 Å². The summed E-state index contributed by atoms with van der Waals surface area (Å²) in [6, 6.07) is 2.49. The number of H-pyrrole nitrogens is 1. The van der Waals surface area contributed by atoms with E-state index in [4.69, 9.17) is 4.74 Å². The minimum Gasteiger partial charge on any atom is -0.356 e. The monoisotopic (exact) mass is 388 g/mol. The van der Waals surface area contributed by atoms with Crippen LogP contribution < -0.4 is 16.2 Å². The van der Waals surface area contributed by atoms with Gasteiger partial charge in [0.25, 0.3) is 5.56 Å². The number of hydrogen-bond acceptors (Lipinski definition) is 4. The topological polar surface area (TPSA) is 83.2 Å². The average Bonchev–Trinajstić information content (AvgIpc) is 2.64. The molecule has 3 rings (SSSR count). The van der Waals surface area contributed by atoms with E-state index in [1.807, 2.05) is 0 Å². The number of benzene rings is 1. The lowest BCUT2D eigenvalue weighted by Crippen LogP contribution is -2.33. The quantitative estimate of drug-likeness (QED) is 0.735. The number of amides is 1. The van der Waals surface area contributed by atoms with Crippen LogP contribution in [0.2, 0.25) is 0 Å². The molecule has 0 fully saturated rings. The highest BCUT2D eigenvalue weighted by Crippen LogP contribution is 2.26. The second-order valence-corrected chi connectivity index (χ2v) is 6.49. The molecule has 1 aromatic heterocycles. The van der Waals surface area contributed by atoms with Gasteiger partial charge < -0.3 is 20.4 Å². The number of aromatic nitrogens is 1. The van der Waals surface area contributed by atoms with Gasteiger partial charge in [-0.1, -0.05) is 6.07 Å². The average molecular weight is 388 g/mol. The molecule has 1 aromatic carbocycles. The molecule has 1 aliphatic rings. The molecular formula is C20H20F2N3O3. The third kappa shape index (κ3) is 3.82. The fraction of sp³-hybridized carbons (Fsp3) is 0.250. The zero-order chi connectivity index (χ0) is 20.4. The second kappa shape index (κ2) is 7.93. The van der Waals surface area contributed by atoms with E-state index in [-0.39, 0.29) is 23.1 Å². The Morgan fingerprint density at radius 1 is 1.32 bits per heavy atom. The van der Waals surface area contributed by atoms with Crippen LogP contribution in [-0.4, -0.2) is 18.0 Å². The van der Waals surface area contributed by atoms with Crippen LogP contribution in [0, 0.1) is 24.8 Å². The first kappa shape index (κ1) is 19.8. The van der Waals surface area contributed by atoms with Gasteiger partial charge in [-0.05, 0) is 31.6 Å². The first-order chi connectivity index (χ1) is 13.3. The lowest BCUT2D eigenvalue weighted by molar-refractivity contribution is -0.121. The number of fused-ring (bicyclic) bond motifs is 1. The van der Waals surface area contributed by atoms with Crippen molar-refractivity contribution >= 4 is 12.0 Å². The Morgan fingerprint density at radius 3 is 2.75 bits per heavy atom. The minimum atomic E-state index is -0.743. The number of rotatable bonds is 5. The first-order valence-electron chi connectivity index (χ1n) is 8.66. The Balaban J connectivity index is 1.83. The van der Waals surface area contributed by atoms with Crippen LogP contribution in [0.3, 0.4) is 0 Å². The predicted molar refractivity (Wildman–Crippen MR) is 99.9 cm³/mol. The largest absolute Gasteiger partial charge is 0.356 e. The molecule has 0 bridgehead atoms. The first-order valence-corrected chi connectivity index (χ1v) is 8.66. The highest BCUT2D eigenvalue weighted by atomic mass is 19.1. The molecule has 1 atom stereocenters. The zero-order valence-electron chi connectivity index (χ0n) is 15.7. The molecule has 28 heavy (non-hydrogen) atoms. The number of carbonyl (C=O) groups excluding carboxylic acids is 1. The molecule has 8 heteroatoms. The maximum atomic E-state index is 13.9. The lowest BCUT2D eigenvalue weighted by Gasteiger charge is -2.23. The SMILES string of the molecule is CO[C]1NC=Cc2[nH]c(=O)c(CC(=O)N[C@@H](C)c3ccc(F)cc3F)c(C)c21. The molecule has 0 unspecified atom stereocenters. The predicted octanol–water partition coefficient (Wildman–Crippen LogP) is 2.44. The van der Waals surface area contributed by atoms with Crippen molar-refractivity contribution in [2.75, 3.05) is 7.11 Å². The number of ether oxygens (including phenoxy) is 1. The van der Waals surface area contributed by atoms with Crippen molar-refractivity contribution in [2.45, 2.75) is 26.3 Å². The minimum absolute atomic E-state index is 0.162. The van der Waals surface area contributed by atoms with Crippen LogP contribution in [0.1, 0.15) is 40.9 Å². The molecule has 0 spiro atoms. The Labute approximate surface area is 160 Å². The summed E-state index contributed by atoms with van der Waals surface area (Å²) in [5.41, 5.74) is 1.94. The van der Waals surface area contributed by atoms with Crippen LogP contribution >= 0.6 is 0 Å². The van der Waals surface area contributed by atoms with Gasteiger partial charge in [-0.15, -0.1) is 0 Å². The fourth-order valence-corrected chi connectivity index (χ4v) is 3.23. The molecule has 147 valence electrons. The Bertz CT molecular complexity index is 1000. The van der Waals surface area contributed by atoms with Gasteiger partial charge in [-0.25, -0.2) is 8.78 Å². The summed E-state index contributed by atoms with van der Waals surface area (Å²) in [5.74, 6) is -1.89. The van der Waals surface area contributed by atoms with Gasteiger partial charge in [0.2, 0.25) is 12.1 Å². The Morgan fingerprint density at radius 2 is 2.07 bits per heavy atom. The van der Waals surface area contributed by atoms with Crippen molar-refractivity contribution in [1.29, 1.82) is 0 Å². The van der Waals surface area contributed by atoms with Crippen LogP contribution in [-0.2, 0) is 16.0 Å². The van der Waals surface area contributed by atoms with Gasteiger partial charge in [-0.2, -0.15) is 0 Å². The number of nitrogens with one attached hydrogen (secondary N) is 3. The van der Waals surface area contributed by atoms with Crippen LogP contribution in [0.4, 0.5) is 8.78 Å². The third-order valence-electron chi connectivity index (χ3n) is 4.66. The van der Waals surface area contributed by atoms with Crippen LogP contribution in [0.15, 0.2) is 29.2 Å². The zero-order valence-corrected chi connectivity index (χ0v) is 15.7. The number of methoxy groups -OCH3 is 1. The molecule has 2 heterocycles. The molecular weight excluding hydrogens is 368 g/mol. The molecule has 2 aromatic rings. The van der Waals surface area contributed by atoms with E-state index < -0.39 is 23.6 Å². The molecule has 1 radical (unpaired) electrons. The van der Waals surface area contributed by atoms with Crippen molar-refractivity contribution in [2.24, 2.45) is 0 Å². The summed E-state index contributed by atoms with van der Waals surface area (Å²) in [4.78, 5) is 27.7. The van der Waals surface area contributed by atoms with E-state index in [1.54, 1.807) is 26.1 Å². The molecule has 3 N–H and O–H groups in total. The number of aromatic amines is 1. The van der Waals surface area contributed by atoms with E-state index in [0.29, 0.717) is 23.0 Å². The second-order valence-electron chi connectivity index (χ2n) is 6.49. The van der Waals surface area contributed by atoms with Crippen molar-refractivity contribution in [3.63, 3.8) is 0 Å². The summed E-state index contributed by atoms with van der Waals surface area (Å²) in [7, 11) is 1.50. The molecule has 1 amide bonds. The summed E-state index contributed by atoms with van der Waals surface area (Å²) < 4.78 is 32.3. The summed E-state index contributed by atoms with van der Waals surface area (Å²) >= 11 is 0. The van der Waals surface area contributed by atoms with Gasteiger partial charge in [0, 0.05) is 36.1 Å². The van der Waals surface area contributed by atoms with Crippen LogP contribution in [0.25, 0.3) is 6.08 Å². The van der Waals surface area contributed by atoms with Crippen molar-refractivity contribution in [3.05, 3.63) is 80.6 Å². The van der Waals surface area contributed by atoms with Gasteiger partial charge in [-0.3, -0.25) is 9.59 Å². The van der Waals surface area contributed by atoms with Gasteiger partial charge in [0.15, 0.2) is 0 Å². The highest BCUT2D eigenvalue weighted by molar-refractivity contribution is 5.79. The van der Waals surface area contributed by atoms with Crippen LogP contribution in [0.5, 0.6) is 0 Å². The molecule has 0 saturated heterocycles.